The van der Waals surface area contributed by atoms with Crippen LogP contribution in [0.2, 0.25) is 0 Å². The fourth-order valence-corrected chi connectivity index (χ4v) is 3.13. The maximum atomic E-state index is 5.70. The van der Waals surface area contributed by atoms with Gasteiger partial charge in [-0.15, -0.1) is 0 Å². The normalized spacial score (nSPS) is 23.7. The molecule has 0 amide bonds. The van der Waals surface area contributed by atoms with E-state index in [2.05, 4.69) is 34.5 Å². The maximum Gasteiger partial charge on any atom is 0.124 e. The fourth-order valence-electron chi connectivity index (χ4n) is 3.13. The van der Waals surface area contributed by atoms with Gasteiger partial charge in [-0.3, -0.25) is 0 Å². The Hall–Kier alpha value is -1.06. The molecule has 19 heavy (non-hydrogen) atoms. The van der Waals surface area contributed by atoms with Crippen molar-refractivity contribution in [3.63, 3.8) is 0 Å². The van der Waals surface area contributed by atoms with Gasteiger partial charge < -0.3 is 15.0 Å². The summed E-state index contributed by atoms with van der Waals surface area (Å²) in [5, 5.41) is 3.70. The molecule has 0 bridgehead atoms. The number of fused-ring (bicyclic) bond motifs is 1. The van der Waals surface area contributed by atoms with E-state index in [1.807, 2.05) is 0 Å². The van der Waals surface area contributed by atoms with Crippen molar-refractivity contribution in [1.29, 1.82) is 0 Å². The summed E-state index contributed by atoms with van der Waals surface area (Å²) in [5.74, 6) is 1.06. The Labute approximate surface area is 115 Å². The zero-order chi connectivity index (χ0) is 12.9. The van der Waals surface area contributed by atoms with E-state index in [1.165, 1.54) is 44.5 Å². The van der Waals surface area contributed by atoms with Crippen LogP contribution in [0, 0.1) is 0 Å². The number of hydrogen-bond acceptors (Lipinski definition) is 3. The first-order valence-electron chi connectivity index (χ1n) is 7.61. The molecule has 0 saturated carbocycles. The summed E-state index contributed by atoms with van der Waals surface area (Å²) in [5.41, 5.74) is 1.33. The van der Waals surface area contributed by atoms with Crippen molar-refractivity contribution >= 4 is 0 Å². The lowest BCUT2D eigenvalue weighted by atomic mass is 10.0. The largest absolute Gasteiger partial charge is 0.493 e. The number of likely N-dealkylation sites (tertiary alicyclic amines) is 1. The minimum absolute atomic E-state index is 0.467. The predicted molar refractivity (Wildman–Crippen MR) is 77.6 cm³/mol. The van der Waals surface area contributed by atoms with E-state index in [0.717, 1.165) is 25.3 Å². The molecule has 104 valence electrons. The zero-order valence-electron chi connectivity index (χ0n) is 11.6. The van der Waals surface area contributed by atoms with Crippen LogP contribution in [0.3, 0.4) is 0 Å². The summed E-state index contributed by atoms with van der Waals surface area (Å²) in [4.78, 5) is 2.59. The van der Waals surface area contributed by atoms with Gasteiger partial charge in [0.2, 0.25) is 0 Å². The molecule has 3 nitrogen and oxygen atoms in total. The molecule has 1 saturated heterocycles. The van der Waals surface area contributed by atoms with Crippen LogP contribution in [0.25, 0.3) is 0 Å². The number of para-hydroxylation sites is 1. The van der Waals surface area contributed by atoms with Crippen molar-refractivity contribution in [2.24, 2.45) is 0 Å². The SMILES string of the molecule is c1ccc2c(c1)OCCC2NCCN1CCCCC1. The third-order valence-electron chi connectivity index (χ3n) is 4.23. The van der Waals surface area contributed by atoms with Gasteiger partial charge in [-0.1, -0.05) is 24.6 Å². The second-order valence-corrected chi connectivity index (χ2v) is 5.58. The van der Waals surface area contributed by atoms with Crippen LogP contribution in [0.15, 0.2) is 24.3 Å². The molecule has 1 aromatic carbocycles. The Morgan fingerprint density at radius 3 is 2.89 bits per heavy atom. The highest BCUT2D eigenvalue weighted by molar-refractivity contribution is 5.37. The van der Waals surface area contributed by atoms with E-state index in [0.29, 0.717) is 6.04 Å². The van der Waals surface area contributed by atoms with Crippen molar-refractivity contribution in [3.05, 3.63) is 29.8 Å². The molecule has 1 N–H and O–H groups in total. The van der Waals surface area contributed by atoms with Crippen molar-refractivity contribution in [2.75, 3.05) is 32.8 Å². The monoisotopic (exact) mass is 260 g/mol. The van der Waals surface area contributed by atoms with Crippen molar-refractivity contribution in [3.8, 4) is 5.75 Å². The van der Waals surface area contributed by atoms with Crippen LogP contribution in [0.1, 0.15) is 37.3 Å². The van der Waals surface area contributed by atoms with Crippen molar-refractivity contribution in [1.82, 2.24) is 10.2 Å². The topological polar surface area (TPSA) is 24.5 Å². The van der Waals surface area contributed by atoms with Gasteiger partial charge in [0.1, 0.15) is 5.75 Å². The average molecular weight is 260 g/mol. The van der Waals surface area contributed by atoms with Gasteiger partial charge in [0.05, 0.1) is 6.61 Å². The summed E-state index contributed by atoms with van der Waals surface area (Å²) in [6.07, 6.45) is 5.24. The first-order valence-corrected chi connectivity index (χ1v) is 7.61. The number of nitrogens with zero attached hydrogens (tertiary/aromatic N) is 1. The van der Waals surface area contributed by atoms with Crippen LogP contribution in [0.4, 0.5) is 0 Å². The van der Waals surface area contributed by atoms with E-state index in [4.69, 9.17) is 4.74 Å². The van der Waals surface area contributed by atoms with E-state index in [-0.39, 0.29) is 0 Å². The highest BCUT2D eigenvalue weighted by Crippen LogP contribution is 2.31. The molecule has 0 aliphatic carbocycles. The smallest absolute Gasteiger partial charge is 0.124 e. The van der Waals surface area contributed by atoms with E-state index >= 15 is 0 Å². The molecule has 2 aliphatic rings. The van der Waals surface area contributed by atoms with E-state index in [9.17, 15) is 0 Å². The molecule has 2 aliphatic heterocycles. The number of nitrogens with one attached hydrogen (secondary N) is 1. The lowest BCUT2D eigenvalue weighted by Gasteiger charge is -2.29. The van der Waals surface area contributed by atoms with Gasteiger partial charge >= 0.3 is 0 Å². The Morgan fingerprint density at radius 2 is 2.00 bits per heavy atom. The third kappa shape index (κ3) is 3.28. The summed E-state index contributed by atoms with van der Waals surface area (Å²) in [7, 11) is 0. The summed E-state index contributed by atoms with van der Waals surface area (Å²) in [6.45, 7) is 5.66. The van der Waals surface area contributed by atoms with Crippen LogP contribution in [0.5, 0.6) is 5.75 Å². The lowest BCUT2D eigenvalue weighted by molar-refractivity contribution is 0.215. The van der Waals surface area contributed by atoms with Crippen molar-refractivity contribution < 1.29 is 4.74 Å². The second-order valence-electron chi connectivity index (χ2n) is 5.58. The fraction of sp³-hybridized carbons (Fsp3) is 0.625. The van der Waals surface area contributed by atoms with E-state index in [1.54, 1.807) is 0 Å². The molecule has 1 fully saturated rings. The highest BCUT2D eigenvalue weighted by atomic mass is 16.5. The maximum absolute atomic E-state index is 5.70. The molecule has 1 unspecified atom stereocenters. The standard InChI is InChI=1S/C16H24N2O/c1-4-10-18(11-5-1)12-9-17-15-8-13-19-16-7-3-2-6-14(15)16/h2-3,6-7,15,17H,1,4-5,8-13H2. The van der Waals surface area contributed by atoms with Gasteiger partial charge in [0, 0.05) is 31.1 Å². The zero-order valence-corrected chi connectivity index (χ0v) is 11.6. The Balaban J connectivity index is 1.50. The number of benzene rings is 1. The number of piperidine rings is 1. The highest BCUT2D eigenvalue weighted by Gasteiger charge is 2.20. The first kappa shape index (κ1) is 12.9. The molecular weight excluding hydrogens is 236 g/mol. The summed E-state index contributed by atoms with van der Waals surface area (Å²) >= 11 is 0. The quantitative estimate of drug-likeness (QED) is 0.900. The molecule has 0 spiro atoms. The average Bonchev–Trinajstić information content (AvgIpc) is 2.49. The number of ether oxygens (including phenoxy) is 1. The van der Waals surface area contributed by atoms with Gasteiger partial charge in [0.15, 0.2) is 0 Å². The van der Waals surface area contributed by atoms with Gasteiger partial charge in [-0.25, -0.2) is 0 Å². The van der Waals surface area contributed by atoms with Crippen LogP contribution < -0.4 is 10.1 Å². The Kier molecular flexibility index (Phi) is 4.36. The molecule has 1 atom stereocenters. The minimum Gasteiger partial charge on any atom is -0.493 e. The summed E-state index contributed by atoms with van der Waals surface area (Å²) < 4.78 is 5.70. The molecule has 0 aromatic heterocycles. The number of rotatable bonds is 4. The molecule has 3 rings (SSSR count). The second kappa shape index (κ2) is 6.40. The van der Waals surface area contributed by atoms with E-state index < -0.39 is 0 Å². The summed E-state index contributed by atoms with van der Waals surface area (Å²) in [6, 6.07) is 8.89. The number of hydrogen-bond donors (Lipinski definition) is 1. The van der Waals surface area contributed by atoms with Gasteiger partial charge in [-0.2, -0.15) is 0 Å². The van der Waals surface area contributed by atoms with Crippen LogP contribution in [-0.2, 0) is 0 Å². The molecule has 3 heteroatoms. The van der Waals surface area contributed by atoms with Crippen LogP contribution >= 0.6 is 0 Å². The minimum atomic E-state index is 0.467. The molecule has 1 aromatic rings. The third-order valence-corrected chi connectivity index (χ3v) is 4.23. The molecule has 0 radical (unpaired) electrons. The lowest BCUT2D eigenvalue weighted by Crippen LogP contribution is -2.37. The Morgan fingerprint density at radius 1 is 1.16 bits per heavy atom. The van der Waals surface area contributed by atoms with Gasteiger partial charge in [0.25, 0.3) is 0 Å². The van der Waals surface area contributed by atoms with Gasteiger partial charge in [-0.05, 0) is 32.0 Å². The molecule has 2 heterocycles. The Bertz CT molecular complexity index is 401. The van der Waals surface area contributed by atoms with Crippen molar-refractivity contribution in [2.45, 2.75) is 31.7 Å². The molecular formula is C16H24N2O. The first-order chi connectivity index (χ1) is 9.43. The predicted octanol–water partition coefficient (Wildman–Crippen LogP) is 2.59. The van der Waals surface area contributed by atoms with Crippen LogP contribution in [-0.4, -0.2) is 37.7 Å².